The van der Waals surface area contributed by atoms with E-state index in [-0.39, 0.29) is 5.75 Å². The summed E-state index contributed by atoms with van der Waals surface area (Å²) in [5.41, 5.74) is 7.13. The van der Waals surface area contributed by atoms with Crippen LogP contribution in [0.3, 0.4) is 0 Å². The fraction of sp³-hybridized carbons (Fsp3) is 0.192. The van der Waals surface area contributed by atoms with Gasteiger partial charge in [0.2, 0.25) is 0 Å². The number of phenols is 1. The number of rotatable bonds is 3. The van der Waals surface area contributed by atoms with E-state index in [1.54, 1.807) is 6.07 Å². The van der Waals surface area contributed by atoms with Gasteiger partial charge in [-0.15, -0.1) is 0 Å². The third-order valence-corrected chi connectivity index (χ3v) is 6.74. The molecule has 2 N–H and O–H groups in total. The number of halogens is 1. The van der Waals surface area contributed by atoms with E-state index in [0.29, 0.717) is 22.4 Å². The molecule has 0 spiro atoms. The van der Waals surface area contributed by atoms with Gasteiger partial charge in [0, 0.05) is 17.8 Å². The Labute approximate surface area is 185 Å². The van der Waals surface area contributed by atoms with Crippen molar-refractivity contribution in [3.05, 3.63) is 99.5 Å². The standard InChI is InChI=1S/C26H23BrN2O/c1-16-5-11-24-22(13-16)20-3-2-4-21(20)26(29-24)18-7-9-19(10-8-18)28-15-17-6-12-25(30)23(27)14-17/h2-3,5-15,20-21,26,29-30H,4H2,1H3/t20-,21-,26+/m1/s1. The second-order valence-electron chi connectivity index (χ2n) is 8.13. The highest BCUT2D eigenvalue weighted by atomic mass is 79.9. The SMILES string of the molecule is Cc1ccc2c(c1)[C@@H]1C=CC[C@H]1[C@H](c1ccc(N=Cc3ccc(O)c(Br)c3)cc1)N2. The average molecular weight is 459 g/mol. The molecule has 0 saturated heterocycles. The normalized spacial score (nSPS) is 22.0. The highest BCUT2D eigenvalue weighted by Crippen LogP contribution is 2.50. The van der Waals surface area contributed by atoms with Gasteiger partial charge < -0.3 is 10.4 Å². The van der Waals surface area contributed by atoms with Gasteiger partial charge in [0.15, 0.2) is 0 Å². The van der Waals surface area contributed by atoms with E-state index in [0.717, 1.165) is 17.7 Å². The topological polar surface area (TPSA) is 44.6 Å². The van der Waals surface area contributed by atoms with E-state index < -0.39 is 0 Å². The van der Waals surface area contributed by atoms with E-state index >= 15 is 0 Å². The van der Waals surface area contributed by atoms with Gasteiger partial charge in [-0.3, -0.25) is 4.99 Å². The van der Waals surface area contributed by atoms with Gasteiger partial charge in [-0.05, 0) is 88.3 Å². The number of aryl methyl sites for hydroxylation is 1. The van der Waals surface area contributed by atoms with Crippen LogP contribution in [0, 0.1) is 12.8 Å². The molecule has 150 valence electrons. The molecule has 0 saturated carbocycles. The van der Waals surface area contributed by atoms with Gasteiger partial charge in [0.05, 0.1) is 16.2 Å². The summed E-state index contributed by atoms with van der Waals surface area (Å²) in [6.07, 6.45) is 7.63. The van der Waals surface area contributed by atoms with Crippen molar-refractivity contribution in [3.8, 4) is 5.75 Å². The summed E-state index contributed by atoms with van der Waals surface area (Å²) in [4.78, 5) is 4.59. The molecule has 3 aromatic carbocycles. The number of nitrogens with zero attached hydrogens (tertiary/aromatic N) is 1. The van der Waals surface area contributed by atoms with Gasteiger partial charge in [-0.25, -0.2) is 0 Å². The maximum Gasteiger partial charge on any atom is 0.129 e. The molecular formula is C26H23BrN2O. The first kappa shape index (κ1) is 19.1. The zero-order valence-electron chi connectivity index (χ0n) is 16.7. The van der Waals surface area contributed by atoms with Crippen molar-refractivity contribution in [2.75, 3.05) is 5.32 Å². The summed E-state index contributed by atoms with van der Waals surface area (Å²) < 4.78 is 0.667. The second-order valence-corrected chi connectivity index (χ2v) is 8.98. The highest BCUT2D eigenvalue weighted by molar-refractivity contribution is 9.10. The number of fused-ring (bicyclic) bond motifs is 3. The van der Waals surface area contributed by atoms with Gasteiger partial charge in [-0.1, -0.05) is 42.0 Å². The lowest BCUT2D eigenvalue weighted by molar-refractivity contribution is 0.425. The number of hydrogen-bond acceptors (Lipinski definition) is 3. The molecule has 2 aliphatic rings. The number of aromatic hydroxyl groups is 1. The molecule has 0 amide bonds. The van der Waals surface area contributed by atoms with Crippen molar-refractivity contribution in [1.82, 2.24) is 0 Å². The van der Waals surface area contributed by atoms with Crippen LogP contribution in [0.5, 0.6) is 5.75 Å². The minimum atomic E-state index is 0.230. The Kier molecular flexibility index (Phi) is 4.95. The van der Waals surface area contributed by atoms with Crippen molar-refractivity contribution < 1.29 is 5.11 Å². The zero-order valence-corrected chi connectivity index (χ0v) is 18.3. The number of phenolic OH excluding ortho intramolecular Hbond substituents is 1. The molecule has 3 atom stereocenters. The predicted molar refractivity (Wildman–Crippen MR) is 127 cm³/mol. The van der Waals surface area contributed by atoms with Gasteiger partial charge in [-0.2, -0.15) is 0 Å². The Morgan fingerprint density at radius 3 is 2.70 bits per heavy atom. The predicted octanol–water partition coefficient (Wildman–Crippen LogP) is 7.04. The molecule has 0 unspecified atom stereocenters. The molecule has 3 nitrogen and oxygen atoms in total. The van der Waals surface area contributed by atoms with Crippen molar-refractivity contribution in [3.63, 3.8) is 0 Å². The van der Waals surface area contributed by atoms with E-state index in [1.165, 1.54) is 22.4 Å². The summed E-state index contributed by atoms with van der Waals surface area (Å²) in [5.74, 6) is 1.26. The smallest absolute Gasteiger partial charge is 0.129 e. The quantitative estimate of drug-likeness (QED) is 0.326. The summed E-state index contributed by atoms with van der Waals surface area (Å²) in [6, 6.07) is 20.9. The van der Waals surface area contributed by atoms with Crippen LogP contribution in [0.2, 0.25) is 0 Å². The lowest BCUT2D eigenvalue weighted by Gasteiger charge is -2.37. The highest BCUT2D eigenvalue weighted by Gasteiger charge is 2.37. The molecule has 4 heteroatoms. The molecule has 1 heterocycles. The van der Waals surface area contributed by atoms with Gasteiger partial charge in [0.1, 0.15) is 5.75 Å². The zero-order chi connectivity index (χ0) is 20.7. The van der Waals surface area contributed by atoms with Gasteiger partial charge in [0.25, 0.3) is 0 Å². The van der Waals surface area contributed by atoms with Crippen LogP contribution >= 0.6 is 15.9 Å². The van der Waals surface area contributed by atoms with E-state index in [9.17, 15) is 5.11 Å². The Balaban J connectivity index is 1.38. The van der Waals surface area contributed by atoms with Crippen LogP contribution in [0.1, 0.15) is 40.6 Å². The van der Waals surface area contributed by atoms with Crippen LogP contribution in [-0.2, 0) is 0 Å². The lowest BCUT2D eigenvalue weighted by Crippen LogP contribution is -2.29. The Hall–Kier alpha value is -2.85. The molecule has 5 rings (SSSR count). The van der Waals surface area contributed by atoms with Gasteiger partial charge >= 0.3 is 0 Å². The number of nitrogens with one attached hydrogen (secondary N) is 1. The summed E-state index contributed by atoms with van der Waals surface area (Å²) in [7, 11) is 0. The summed E-state index contributed by atoms with van der Waals surface area (Å²) >= 11 is 3.34. The van der Waals surface area contributed by atoms with Crippen LogP contribution in [0.15, 0.2) is 82.3 Å². The molecular weight excluding hydrogens is 436 g/mol. The number of aliphatic imine (C=N–C) groups is 1. The van der Waals surface area contributed by atoms with Crippen molar-refractivity contribution in [2.24, 2.45) is 10.9 Å². The fourth-order valence-corrected chi connectivity index (χ4v) is 4.96. The van der Waals surface area contributed by atoms with Crippen molar-refractivity contribution >= 4 is 33.5 Å². The molecule has 0 bridgehead atoms. The summed E-state index contributed by atoms with van der Waals surface area (Å²) in [6.45, 7) is 2.16. The summed E-state index contributed by atoms with van der Waals surface area (Å²) in [5, 5.41) is 13.4. The number of hydrogen-bond donors (Lipinski definition) is 2. The van der Waals surface area contributed by atoms with Crippen molar-refractivity contribution in [2.45, 2.75) is 25.3 Å². The van der Waals surface area contributed by atoms with E-state index in [4.69, 9.17) is 0 Å². The maximum atomic E-state index is 9.62. The number of anilines is 1. The molecule has 0 fully saturated rings. The van der Waals surface area contributed by atoms with Crippen LogP contribution in [0.4, 0.5) is 11.4 Å². The minimum Gasteiger partial charge on any atom is -0.507 e. The Bertz CT molecular complexity index is 1150. The first-order chi connectivity index (χ1) is 14.6. The monoisotopic (exact) mass is 458 g/mol. The van der Waals surface area contributed by atoms with Crippen LogP contribution in [-0.4, -0.2) is 11.3 Å². The van der Waals surface area contributed by atoms with Crippen molar-refractivity contribution in [1.29, 1.82) is 0 Å². The average Bonchev–Trinajstić information content (AvgIpc) is 3.25. The Morgan fingerprint density at radius 1 is 1.07 bits per heavy atom. The van der Waals surface area contributed by atoms with Crippen LogP contribution < -0.4 is 5.32 Å². The third-order valence-electron chi connectivity index (χ3n) is 6.10. The minimum absolute atomic E-state index is 0.230. The largest absolute Gasteiger partial charge is 0.507 e. The lowest BCUT2D eigenvalue weighted by atomic mass is 9.76. The fourth-order valence-electron chi connectivity index (χ4n) is 4.56. The first-order valence-electron chi connectivity index (χ1n) is 10.2. The Morgan fingerprint density at radius 2 is 1.90 bits per heavy atom. The first-order valence-corrected chi connectivity index (χ1v) is 11.0. The molecule has 3 aromatic rings. The van der Waals surface area contributed by atoms with Crippen LogP contribution in [0.25, 0.3) is 0 Å². The number of allylic oxidation sites excluding steroid dienone is 2. The molecule has 1 aliphatic heterocycles. The van der Waals surface area contributed by atoms with E-state index in [1.807, 2.05) is 18.3 Å². The molecule has 0 radical (unpaired) electrons. The molecule has 0 aromatic heterocycles. The van der Waals surface area contributed by atoms with E-state index in [2.05, 4.69) is 87.8 Å². The molecule has 1 aliphatic carbocycles. The number of benzene rings is 3. The molecule has 30 heavy (non-hydrogen) atoms. The third kappa shape index (κ3) is 3.56. The maximum absolute atomic E-state index is 9.62. The second kappa shape index (κ2) is 7.77.